The molecule has 0 saturated carbocycles. The summed E-state index contributed by atoms with van der Waals surface area (Å²) in [6.45, 7) is 12.3. The summed E-state index contributed by atoms with van der Waals surface area (Å²) in [5.74, 6) is -5.49. The number of amides is 5. The minimum atomic E-state index is -1.71. The molecule has 2 fully saturated rings. The Kier molecular flexibility index (Phi) is 26.2. The standard InChI is InChI=1S/C60H89N5O18S/c1-12-33(5)49(43(79-10)29-45(67)65-25-17-20-41(65)54(80-11)35(7)56(75)61-38(27-47(70)71)26-36-18-15-14-16-19-36)63(8)58(77)48(32(3)4)62-57(76)50(34(6)13-2)64(9)60(78)81-31-37-21-23-42(40-28-39(84-55(37)40)22-24-46(68)69)82-59-53(74)52(73)51(72)44(30-66)83-59/h14-16,18-19,21,23,28,32-35,38,41,43-44,48-54,59,66,72-74H,12-13,17,20,22,24-27,29-31H2,1-11H3,(H,61,75)(H,62,76)(H,68,69)(H,70,71)/t33?,34?,35-,38?,41+,43-,44-,48+,49+,50+,51+,52+,53-,54-,59-/m1/s1. The van der Waals surface area contributed by atoms with Gasteiger partial charge in [-0.1, -0.05) is 97.7 Å². The average molecular weight is 1200 g/mol. The number of carbonyl (C=O) groups excluding carboxylic acids is 5. The minimum Gasteiger partial charge on any atom is -0.481 e. The van der Waals surface area contributed by atoms with Gasteiger partial charge in [-0.3, -0.25) is 33.7 Å². The number of thiophene rings is 1. The summed E-state index contributed by atoms with van der Waals surface area (Å²) in [5.41, 5.74) is 1.36. The monoisotopic (exact) mass is 1200 g/mol. The lowest BCUT2D eigenvalue weighted by Crippen LogP contribution is -2.60. The molecule has 2 aliphatic heterocycles. The molecule has 5 amide bonds. The first-order valence-corrected chi connectivity index (χ1v) is 29.7. The summed E-state index contributed by atoms with van der Waals surface area (Å²) in [4.78, 5) is 100. The number of rotatable bonds is 31. The van der Waals surface area contributed by atoms with Gasteiger partial charge in [0.15, 0.2) is 0 Å². The Morgan fingerprint density at radius 1 is 0.821 bits per heavy atom. The van der Waals surface area contributed by atoms with Gasteiger partial charge in [-0.25, -0.2) is 4.79 Å². The predicted octanol–water partition coefficient (Wildman–Crippen LogP) is 4.34. The summed E-state index contributed by atoms with van der Waals surface area (Å²) in [6.07, 6.45) is -8.06. The van der Waals surface area contributed by atoms with Crippen LogP contribution in [0.25, 0.3) is 10.1 Å². The topological polar surface area (TPSA) is 321 Å². The maximum atomic E-state index is 14.9. The van der Waals surface area contributed by atoms with Crippen LogP contribution in [0.3, 0.4) is 0 Å². The molecule has 2 aromatic carbocycles. The highest BCUT2D eigenvalue weighted by Crippen LogP contribution is 2.39. The first-order valence-electron chi connectivity index (χ1n) is 28.9. The first kappa shape index (κ1) is 68.8. The van der Waals surface area contributed by atoms with E-state index in [1.54, 1.807) is 51.8 Å². The van der Waals surface area contributed by atoms with Crippen LogP contribution < -0.4 is 15.4 Å². The number of aliphatic hydroxyl groups excluding tert-OH is 4. The zero-order valence-electron chi connectivity index (χ0n) is 50.2. The van der Waals surface area contributed by atoms with Crippen LogP contribution >= 0.6 is 11.3 Å². The van der Waals surface area contributed by atoms with E-state index in [2.05, 4.69) is 10.6 Å². The normalized spacial score (nSPS) is 22.2. The van der Waals surface area contributed by atoms with Crippen molar-refractivity contribution < 1.29 is 87.9 Å². The predicted molar refractivity (Wildman–Crippen MR) is 311 cm³/mol. The molecule has 0 radical (unpaired) electrons. The Hall–Kier alpha value is -5.99. The molecule has 15 atom stereocenters. The van der Waals surface area contributed by atoms with Gasteiger partial charge in [-0.05, 0) is 61.1 Å². The second-order valence-corrected chi connectivity index (χ2v) is 23.8. The number of hydrogen-bond donors (Lipinski definition) is 8. The van der Waals surface area contributed by atoms with Gasteiger partial charge in [0, 0.05) is 61.4 Å². The van der Waals surface area contributed by atoms with Gasteiger partial charge in [0.2, 0.25) is 29.9 Å². The van der Waals surface area contributed by atoms with Gasteiger partial charge >= 0.3 is 18.0 Å². The number of aryl methyl sites for hydroxylation is 1. The fraction of sp³-hybridized carbons (Fsp3) is 0.650. The molecule has 468 valence electrons. The van der Waals surface area contributed by atoms with Gasteiger partial charge < -0.3 is 74.8 Å². The van der Waals surface area contributed by atoms with Crippen molar-refractivity contribution in [1.29, 1.82) is 0 Å². The molecule has 84 heavy (non-hydrogen) atoms. The quantitative estimate of drug-likeness (QED) is 0.0444. The minimum absolute atomic E-state index is 0.125. The Balaban J connectivity index is 1.30. The third-order valence-electron chi connectivity index (χ3n) is 16.5. The van der Waals surface area contributed by atoms with Crippen LogP contribution in [0.1, 0.15) is 109 Å². The van der Waals surface area contributed by atoms with Crippen LogP contribution in [0.5, 0.6) is 5.75 Å². The van der Waals surface area contributed by atoms with Crippen LogP contribution in [-0.4, -0.2) is 202 Å². The number of likely N-dealkylation sites (tertiary alicyclic amines) is 1. The number of carboxylic acid groups (broad SMARTS) is 2. The lowest BCUT2D eigenvalue weighted by Gasteiger charge is -2.41. The maximum absolute atomic E-state index is 14.9. The molecule has 2 aliphatic rings. The number of benzene rings is 2. The third-order valence-corrected chi connectivity index (χ3v) is 17.8. The Morgan fingerprint density at radius 2 is 1.50 bits per heavy atom. The van der Waals surface area contributed by atoms with E-state index in [0.29, 0.717) is 59.2 Å². The van der Waals surface area contributed by atoms with Gasteiger partial charge in [-0.2, -0.15) is 0 Å². The molecule has 0 aliphatic carbocycles. The van der Waals surface area contributed by atoms with Crippen molar-refractivity contribution in [2.45, 2.75) is 186 Å². The van der Waals surface area contributed by atoms with Gasteiger partial charge in [-0.15, -0.1) is 11.3 Å². The smallest absolute Gasteiger partial charge is 0.410 e. The fourth-order valence-electron chi connectivity index (χ4n) is 11.4. The van der Waals surface area contributed by atoms with E-state index in [9.17, 15) is 64.2 Å². The number of carboxylic acids is 2. The summed E-state index contributed by atoms with van der Waals surface area (Å²) < 4.78 is 30.0. The molecule has 3 aromatic rings. The second kappa shape index (κ2) is 31.9. The highest BCUT2D eigenvalue weighted by Gasteiger charge is 2.46. The van der Waals surface area contributed by atoms with Crippen LogP contribution in [-0.2, 0) is 67.2 Å². The van der Waals surface area contributed by atoms with Crippen LogP contribution in [0.2, 0.25) is 0 Å². The molecule has 1 aromatic heterocycles. The van der Waals surface area contributed by atoms with E-state index in [4.69, 9.17) is 23.7 Å². The number of aliphatic hydroxyl groups is 4. The summed E-state index contributed by atoms with van der Waals surface area (Å²) in [6, 6.07) is 10.0. The number of hydrogen-bond acceptors (Lipinski definition) is 17. The zero-order valence-corrected chi connectivity index (χ0v) is 51.0. The molecular weight excluding hydrogens is 1110 g/mol. The highest BCUT2D eigenvalue weighted by molar-refractivity contribution is 7.19. The second-order valence-electron chi connectivity index (χ2n) is 22.7. The molecule has 23 nitrogen and oxygen atoms in total. The molecule has 2 saturated heterocycles. The Labute approximate surface area is 495 Å². The largest absolute Gasteiger partial charge is 0.481 e. The molecule has 8 N–H and O–H groups in total. The zero-order chi connectivity index (χ0) is 62.3. The van der Waals surface area contributed by atoms with E-state index in [1.165, 1.54) is 48.5 Å². The van der Waals surface area contributed by atoms with Crippen LogP contribution in [0.15, 0.2) is 48.5 Å². The lowest BCUT2D eigenvalue weighted by atomic mass is 9.89. The molecular formula is C60H89N5O18S. The van der Waals surface area contributed by atoms with Crippen molar-refractivity contribution in [3.63, 3.8) is 0 Å². The van der Waals surface area contributed by atoms with Crippen molar-refractivity contribution in [1.82, 2.24) is 25.3 Å². The third kappa shape index (κ3) is 17.3. The average Bonchev–Trinajstić information content (AvgIpc) is 2.91. The van der Waals surface area contributed by atoms with Crippen molar-refractivity contribution in [2.24, 2.45) is 23.7 Å². The lowest BCUT2D eigenvalue weighted by molar-refractivity contribution is -0.277. The number of aliphatic carboxylic acids is 2. The Bertz CT molecular complexity index is 2680. The van der Waals surface area contributed by atoms with E-state index < -0.39 is 133 Å². The molecule has 5 rings (SSSR count). The molecule has 24 heteroatoms. The summed E-state index contributed by atoms with van der Waals surface area (Å²) >= 11 is 1.23. The summed E-state index contributed by atoms with van der Waals surface area (Å²) in [7, 11) is 6.01. The van der Waals surface area contributed by atoms with Crippen LogP contribution in [0.4, 0.5) is 4.79 Å². The van der Waals surface area contributed by atoms with E-state index >= 15 is 0 Å². The van der Waals surface area contributed by atoms with E-state index in [0.717, 1.165) is 5.56 Å². The van der Waals surface area contributed by atoms with Gasteiger partial charge in [0.05, 0.1) is 56.1 Å². The number of ether oxygens (including phenoxy) is 5. The number of carbonyl (C=O) groups is 7. The van der Waals surface area contributed by atoms with Crippen LogP contribution in [0, 0.1) is 23.7 Å². The highest BCUT2D eigenvalue weighted by atomic mass is 32.1. The van der Waals surface area contributed by atoms with Gasteiger partial charge in [0.25, 0.3) is 0 Å². The van der Waals surface area contributed by atoms with Crippen molar-refractivity contribution >= 4 is 63.1 Å². The molecule has 0 spiro atoms. The Morgan fingerprint density at radius 3 is 2.10 bits per heavy atom. The van der Waals surface area contributed by atoms with E-state index in [1.807, 2.05) is 51.1 Å². The SMILES string of the molecule is CCC(C)[C@@H](C(=O)N[C@H](C(=O)N(C)[C@@H](C(C)CC)[C@@H](CC(=O)N1CCC[C@H]1[C@H](OC)[C@@H](C)C(=O)NC(CC(=O)O)Cc1ccccc1)OC)C(C)C)N(C)C(=O)OCc1ccc(O[C@@H]2O[C@H](CO)[C@H](O)[C@H](O)[C@H]2O)c2cc(CCC(=O)O)sc12. The fourth-order valence-corrected chi connectivity index (χ4v) is 12.5. The van der Waals surface area contributed by atoms with Crippen molar-refractivity contribution in [3.05, 3.63) is 64.5 Å². The molecule has 0 bridgehead atoms. The van der Waals surface area contributed by atoms with Gasteiger partial charge in [0.1, 0.15) is 48.9 Å². The maximum Gasteiger partial charge on any atom is 0.410 e. The molecule has 3 heterocycles. The number of fused-ring (bicyclic) bond motifs is 1. The summed E-state index contributed by atoms with van der Waals surface area (Å²) in [5, 5.41) is 66.6. The number of nitrogens with one attached hydrogen (secondary N) is 2. The van der Waals surface area contributed by atoms with Crippen molar-refractivity contribution in [2.75, 3.05) is 41.5 Å². The van der Waals surface area contributed by atoms with Crippen molar-refractivity contribution in [3.8, 4) is 5.75 Å². The number of likely N-dealkylation sites (N-methyl/N-ethyl adjacent to an activating group) is 2. The number of nitrogens with zero attached hydrogens (tertiary/aromatic N) is 3. The molecule has 3 unspecified atom stereocenters. The number of methoxy groups -OCH3 is 2. The van der Waals surface area contributed by atoms with E-state index in [-0.39, 0.29) is 49.9 Å². The first-order chi connectivity index (χ1) is 39.8.